The van der Waals surface area contributed by atoms with E-state index in [1.54, 1.807) is 0 Å². The number of halogens is 1. The SMILES string of the molecule is CCOC(=O)C1(Nc2ccc(Br)cc2)CCCC1. The molecule has 2 rings (SSSR count). The molecule has 18 heavy (non-hydrogen) atoms. The molecule has 0 atom stereocenters. The Morgan fingerprint density at radius 2 is 1.94 bits per heavy atom. The fourth-order valence-electron chi connectivity index (χ4n) is 2.44. The predicted octanol–water partition coefficient (Wildman–Crippen LogP) is 3.74. The number of ether oxygens (including phenoxy) is 1. The molecular formula is C14H18BrNO2. The van der Waals surface area contributed by atoms with Crippen molar-refractivity contribution in [2.24, 2.45) is 0 Å². The van der Waals surface area contributed by atoms with Crippen LogP contribution in [0.4, 0.5) is 5.69 Å². The van der Waals surface area contributed by atoms with Gasteiger partial charge < -0.3 is 10.1 Å². The minimum atomic E-state index is -0.524. The molecule has 0 unspecified atom stereocenters. The van der Waals surface area contributed by atoms with E-state index in [4.69, 9.17) is 4.74 Å². The van der Waals surface area contributed by atoms with Gasteiger partial charge in [0, 0.05) is 10.2 Å². The van der Waals surface area contributed by atoms with Crippen molar-refractivity contribution < 1.29 is 9.53 Å². The summed E-state index contributed by atoms with van der Waals surface area (Å²) in [5, 5.41) is 3.37. The first-order chi connectivity index (χ1) is 8.66. The maximum Gasteiger partial charge on any atom is 0.331 e. The Balaban J connectivity index is 2.15. The Labute approximate surface area is 116 Å². The summed E-state index contributed by atoms with van der Waals surface area (Å²) in [7, 11) is 0. The average Bonchev–Trinajstić information content (AvgIpc) is 2.82. The van der Waals surface area contributed by atoms with Gasteiger partial charge in [0.2, 0.25) is 0 Å². The number of anilines is 1. The van der Waals surface area contributed by atoms with Gasteiger partial charge in [0.1, 0.15) is 5.54 Å². The number of carbonyl (C=O) groups excluding carboxylic acids is 1. The minimum Gasteiger partial charge on any atom is -0.464 e. The molecule has 0 bridgehead atoms. The van der Waals surface area contributed by atoms with Gasteiger partial charge in [-0.3, -0.25) is 0 Å². The lowest BCUT2D eigenvalue weighted by Gasteiger charge is -2.29. The van der Waals surface area contributed by atoms with Crippen molar-refractivity contribution in [1.82, 2.24) is 0 Å². The molecule has 4 heteroatoms. The van der Waals surface area contributed by atoms with Crippen molar-refractivity contribution in [2.75, 3.05) is 11.9 Å². The van der Waals surface area contributed by atoms with Crippen molar-refractivity contribution in [3.05, 3.63) is 28.7 Å². The highest BCUT2D eigenvalue weighted by Crippen LogP contribution is 2.34. The monoisotopic (exact) mass is 311 g/mol. The number of benzene rings is 1. The molecule has 0 aromatic heterocycles. The quantitative estimate of drug-likeness (QED) is 0.861. The molecule has 1 saturated carbocycles. The number of esters is 1. The van der Waals surface area contributed by atoms with Gasteiger partial charge in [-0.05, 0) is 44.0 Å². The largest absolute Gasteiger partial charge is 0.464 e. The van der Waals surface area contributed by atoms with Gasteiger partial charge in [-0.2, -0.15) is 0 Å². The van der Waals surface area contributed by atoms with Crippen molar-refractivity contribution in [3.63, 3.8) is 0 Å². The van der Waals surface area contributed by atoms with Gasteiger partial charge in [-0.15, -0.1) is 0 Å². The summed E-state index contributed by atoms with van der Waals surface area (Å²) < 4.78 is 6.25. The normalized spacial score (nSPS) is 17.4. The highest BCUT2D eigenvalue weighted by atomic mass is 79.9. The van der Waals surface area contributed by atoms with Gasteiger partial charge in [-0.1, -0.05) is 28.8 Å². The molecule has 1 aliphatic carbocycles. The molecule has 1 aliphatic rings. The molecule has 1 aromatic rings. The average molecular weight is 312 g/mol. The first-order valence-electron chi connectivity index (χ1n) is 6.37. The van der Waals surface area contributed by atoms with Gasteiger partial charge >= 0.3 is 5.97 Å². The fourth-order valence-corrected chi connectivity index (χ4v) is 2.70. The van der Waals surface area contributed by atoms with Crippen LogP contribution in [-0.4, -0.2) is 18.1 Å². The van der Waals surface area contributed by atoms with E-state index in [0.717, 1.165) is 35.8 Å². The lowest BCUT2D eigenvalue weighted by Crippen LogP contribution is -2.45. The summed E-state index contributed by atoms with van der Waals surface area (Å²) in [6.45, 7) is 2.28. The van der Waals surface area contributed by atoms with Crippen LogP contribution >= 0.6 is 15.9 Å². The number of hydrogen-bond donors (Lipinski definition) is 1. The summed E-state index contributed by atoms with van der Waals surface area (Å²) in [4.78, 5) is 12.1. The van der Waals surface area contributed by atoms with Crippen molar-refractivity contribution >= 4 is 27.6 Å². The smallest absolute Gasteiger partial charge is 0.331 e. The zero-order valence-electron chi connectivity index (χ0n) is 10.5. The second kappa shape index (κ2) is 5.74. The third-order valence-corrected chi connectivity index (χ3v) is 3.88. The van der Waals surface area contributed by atoms with Crippen LogP contribution in [0.3, 0.4) is 0 Å². The first kappa shape index (κ1) is 13.4. The van der Waals surface area contributed by atoms with Crippen molar-refractivity contribution in [3.8, 4) is 0 Å². The van der Waals surface area contributed by atoms with E-state index in [9.17, 15) is 4.79 Å². The van der Waals surface area contributed by atoms with E-state index in [0.29, 0.717) is 6.61 Å². The summed E-state index contributed by atoms with van der Waals surface area (Å²) in [6, 6.07) is 7.89. The molecule has 0 heterocycles. The maximum atomic E-state index is 12.1. The molecule has 0 aliphatic heterocycles. The van der Waals surface area contributed by atoms with Crippen molar-refractivity contribution in [2.45, 2.75) is 38.1 Å². The predicted molar refractivity (Wildman–Crippen MR) is 75.6 cm³/mol. The van der Waals surface area contributed by atoms with E-state index in [1.807, 2.05) is 31.2 Å². The Bertz CT molecular complexity index is 410. The molecule has 1 N–H and O–H groups in total. The number of carbonyl (C=O) groups is 1. The third-order valence-electron chi connectivity index (χ3n) is 3.35. The number of nitrogens with one attached hydrogen (secondary N) is 1. The van der Waals surface area contributed by atoms with Crippen LogP contribution in [-0.2, 0) is 9.53 Å². The standard InChI is InChI=1S/C14H18BrNO2/c1-2-18-13(17)14(9-3-4-10-14)16-12-7-5-11(15)6-8-12/h5-8,16H,2-4,9-10H2,1H3. The fraction of sp³-hybridized carbons (Fsp3) is 0.500. The van der Waals surface area contributed by atoms with E-state index in [2.05, 4.69) is 21.2 Å². The highest BCUT2D eigenvalue weighted by molar-refractivity contribution is 9.10. The lowest BCUT2D eigenvalue weighted by molar-refractivity contribution is -0.148. The molecule has 1 fully saturated rings. The van der Waals surface area contributed by atoms with Crippen molar-refractivity contribution in [1.29, 1.82) is 0 Å². The zero-order chi connectivity index (χ0) is 13.0. The Morgan fingerprint density at radius 3 is 2.50 bits per heavy atom. The van der Waals surface area contributed by atoms with Crippen LogP contribution in [0, 0.1) is 0 Å². The van der Waals surface area contributed by atoms with Gasteiger partial charge in [0.05, 0.1) is 6.61 Å². The topological polar surface area (TPSA) is 38.3 Å². The van der Waals surface area contributed by atoms with Crippen LogP contribution in [0.15, 0.2) is 28.7 Å². The summed E-state index contributed by atoms with van der Waals surface area (Å²) >= 11 is 3.41. The summed E-state index contributed by atoms with van der Waals surface area (Å²) in [5.74, 6) is -0.120. The second-order valence-electron chi connectivity index (χ2n) is 4.64. The molecule has 98 valence electrons. The second-order valence-corrected chi connectivity index (χ2v) is 5.56. The van der Waals surface area contributed by atoms with Crippen LogP contribution in [0.5, 0.6) is 0 Å². The summed E-state index contributed by atoms with van der Waals surface area (Å²) in [6.07, 6.45) is 3.84. The minimum absolute atomic E-state index is 0.120. The van der Waals surface area contributed by atoms with E-state index in [-0.39, 0.29) is 5.97 Å². The molecule has 3 nitrogen and oxygen atoms in total. The highest BCUT2D eigenvalue weighted by Gasteiger charge is 2.42. The molecule has 0 radical (unpaired) electrons. The Kier molecular flexibility index (Phi) is 4.27. The molecular weight excluding hydrogens is 294 g/mol. The van der Waals surface area contributed by atoms with E-state index in [1.165, 1.54) is 0 Å². The van der Waals surface area contributed by atoms with Gasteiger partial charge in [0.15, 0.2) is 0 Å². The van der Waals surface area contributed by atoms with E-state index >= 15 is 0 Å². The molecule has 0 spiro atoms. The first-order valence-corrected chi connectivity index (χ1v) is 7.16. The van der Waals surface area contributed by atoms with Crippen LogP contribution < -0.4 is 5.32 Å². The Morgan fingerprint density at radius 1 is 1.33 bits per heavy atom. The number of rotatable bonds is 4. The van der Waals surface area contributed by atoms with Crippen LogP contribution in [0.25, 0.3) is 0 Å². The molecule has 1 aromatic carbocycles. The third kappa shape index (κ3) is 2.86. The number of hydrogen-bond acceptors (Lipinski definition) is 3. The van der Waals surface area contributed by atoms with Crippen LogP contribution in [0.1, 0.15) is 32.6 Å². The Hall–Kier alpha value is -1.03. The zero-order valence-corrected chi connectivity index (χ0v) is 12.1. The molecule has 0 saturated heterocycles. The van der Waals surface area contributed by atoms with Gasteiger partial charge in [-0.25, -0.2) is 4.79 Å². The van der Waals surface area contributed by atoms with E-state index < -0.39 is 5.54 Å². The lowest BCUT2D eigenvalue weighted by atomic mass is 9.97. The maximum absolute atomic E-state index is 12.1. The van der Waals surface area contributed by atoms with Gasteiger partial charge in [0.25, 0.3) is 0 Å². The molecule has 0 amide bonds. The summed E-state index contributed by atoms with van der Waals surface area (Å²) in [5.41, 5.74) is 0.442. The van der Waals surface area contributed by atoms with Crippen LogP contribution in [0.2, 0.25) is 0 Å².